The van der Waals surface area contributed by atoms with Gasteiger partial charge in [-0.25, -0.2) is 0 Å². The van der Waals surface area contributed by atoms with E-state index in [9.17, 15) is 0 Å². The van der Waals surface area contributed by atoms with Gasteiger partial charge in [-0.3, -0.25) is 4.90 Å². The van der Waals surface area contributed by atoms with Gasteiger partial charge in [0, 0.05) is 5.08 Å². The Labute approximate surface area is 70.9 Å². The molecule has 0 atom stereocenters. The molecule has 0 bridgehead atoms. The fourth-order valence-electron chi connectivity index (χ4n) is 1.47. The van der Waals surface area contributed by atoms with Crippen molar-refractivity contribution in [1.82, 2.24) is 4.90 Å². The number of rotatable bonds is 1. The highest BCUT2D eigenvalue weighted by molar-refractivity contribution is 8.32. The largest absolute Gasteiger partial charge is 0.283 e. The zero-order chi connectivity index (χ0) is 6.81. The van der Waals surface area contributed by atoms with E-state index in [0.717, 1.165) is 4.71 Å². The minimum Gasteiger partial charge on any atom is -0.283 e. The second kappa shape index (κ2) is 3.37. The number of thioether (sulfide) groups is 2. The van der Waals surface area contributed by atoms with Crippen LogP contribution in [0.15, 0.2) is 0 Å². The van der Waals surface area contributed by atoms with Crippen LogP contribution in [0.3, 0.4) is 0 Å². The number of hydrogen-bond acceptors (Lipinski definition) is 3. The van der Waals surface area contributed by atoms with Crippen LogP contribution in [0.4, 0.5) is 0 Å². The smallest absolute Gasteiger partial charge is 0.104 e. The maximum absolute atomic E-state index is 2.63. The third-order valence-electron chi connectivity index (χ3n) is 2.11. The number of piperidine rings is 1. The lowest BCUT2D eigenvalue weighted by atomic mass is 10.1. The first-order valence-corrected chi connectivity index (χ1v) is 6.04. The standard InChI is InChI=1S/C7H13NS2/c1-2-4-8(5-3-1)7-9-6-10-7/h7H,1-6H2. The van der Waals surface area contributed by atoms with Crippen molar-refractivity contribution in [3.05, 3.63) is 0 Å². The number of hydrogen-bond donors (Lipinski definition) is 0. The Morgan fingerprint density at radius 3 is 2.20 bits per heavy atom. The molecule has 58 valence electrons. The van der Waals surface area contributed by atoms with Gasteiger partial charge in [-0.05, 0) is 25.9 Å². The summed E-state index contributed by atoms with van der Waals surface area (Å²) in [5.74, 6) is 0. The van der Waals surface area contributed by atoms with Gasteiger partial charge >= 0.3 is 0 Å². The minimum absolute atomic E-state index is 0.834. The molecule has 0 spiro atoms. The molecule has 0 N–H and O–H groups in total. The molecule has 0 radical (unpaired) electrons. The molecule has 0 aliphatic carbocycles. The minimum atomic E-state index is 0.834. The second-order valence-electron chi connectivity index (χ2n) is 2.85. The molecule has 2 aliphatic heterocycles. The zero-order valence-electron chi connectivity index (χ0n) is 6.08. The van der Waals surface area contributed by atoms with Crippen LogP contribution in [0.2, 0.25) is 0 Å². The molecule has 0 amide bonds. The van der Waals surface area contributed by atoms with Gasteiger partial charge in [-0.1, -0.05) is 6.42 Å². The van der Waals surface area contributed by atoms with Crippen molar-refractivity contribution in [2.75, 3.05) is 18.2 Å². The highest BCUT2D eigenvalue weighted by Crippen LogP contribution is 2.41. The predicted octanol–water partition coefficient (Wildman–Crippen LogP) is 2.19. The van der Waals surface area contributed by atoms with E-state index in [0.29, 0.717) is 0 Å². The highest BCUT2D eigenvalue weighted by atomic mass is 32.3. The molecule has 2 saturated heterocycles. The summed E-state index contributed by atoms with van der Waals surface area (Å²) < 4.78 is 0.834. The molecule has 2 aliphatic rings. The molecular weight excluding hydrogens is 162 g/mol. The average molecular weight is 175 g/mol. The van der Waals surface area contributed by atoms with Crippen molar-refractivity contribution >= 4 is 23.5 Å². The van der Waals surface area contributed by atoms with Crippen LogP contribution in [0.5, 0.6) is 0 Å². The Morgan fingerprint density at radius 2 is 1.70 bits per heavy atom. The van der Waals surface area contributed by atoms with Crippen molar-refractivity contribution in [2.24, 2.45) is 0 Å². The molecule has 0 aromatic heterocycles. The van der Waals surface area contributed by atoms with Gasteiger partial charge in [0.15, 0.2) is 0 Å². The summed E-state index contributed by atoms with van der Waals surface area (Å²) in [6.07, 6.45) is 4.31. The zero-order valence-corrected chi connectivity index (χ0v) is 7.72. The first-order valence-electron chi connectivity index (χ1n) is 3.94. The summed E-state index contributed by atoms with van der Waals surface area (Å²) in [6.45, 7) is 2.70. The average Bonchev–Trinajstić information content (AvgIpc) is 1.86. The molecule has 0 aromatic rings. The van der Waals surface area contributed by atoms with Crippen LogP contribution < -0.4 is 0 Å². The van der Waals surface area contributed by atoms with E-state index in [1.807, 2.05) is 0 Å². The van der Waals surface area contributed by atoms with Gasteiger partial charge in [0.2, 0.25) is 0 Å². The Balaban J connectivity index is 1.78. The second-order valence-corrected chi connectivity index (χ2v) is 5.66. The van der Waals surface area contributed by atoms with Gasteiger partial charge in [0.1, 0.15) is 4.71 Å². The third kappa shape index (κ3) is 1.46. The highest BCUT2D eigenvalue weighted by Gasteiger charge is 2.26. The van der Waals surface area contributed by atoms with E-state index in [4.69, 9.17) is 0 Å². The van der Waals surface area contributed by atoms with Gasteiger partial charge < -0.3 is 0 Å². The van der Waals surface area contributed by atoms with Crippen molar-refractivity contribution in [1.29, 1.82) is 0 Å². The van der Waals surface area contributed by atoms with Crippen LogP contribution in [0.1, 0.15) is 19.3 Å². The first kappa shape index (κ1) is 7.32. The molecule has 2 fully saturated rings. The van der Waals surface area contributed by atoms with E-state index in [1.165, 1.54) is 37.4 Å². The normalized spacial score (nSPS) is 30.0. The molecule has 2 heterocycles. The van der Waals surface area contributed by atoms with Crippen molar-refractivity contribution in [3.8, 4) is 0 Å². The van der Waals surface area contributed by atoms with Crippen molar-refractivity contribution in [2.45, 2.75) is 24.0 Å². The van der Waals surface area contributed by atoms with Crippen LogP contribution in [0.25, 0.3) is 0 Å². The quantitative estimate of drug-likeness (QED) is 0.601. The lowest BCUT2D eigenvalue weighted by molar-refractivity contribution is 0.251. The fourth-order valence-corrected chi connectivity index (χ4v) is 3.34. The van der Waals surface area contributed by atoms with Crippen LogP contribution in [-0.4, -0.2) is 27.8 Å². The third-order valence-corrected chi connectivity index (χ3v) is 5.18. The Bertz CT molecular complexity index is 108. The van der Waals surface area contributed by atoms with Crippen molar-refractivity contribution in [3.63, 3.8) is 0 Å². The molecule has 3 heteroatoms. The Morgan fingerprint density at radius 1 is 1.00 bits per heavy atom. The molecule has 0 saturated carbocycles. The molecule has 2 rings (SSSR count). The summed E-state index contributed by atoms with van der Waals surface area (Å²) in [7, 11) is 0. The molecule has 0 aromatic carbocycles. The monoisotopic (exact) mass is 175 g/mol. The van der Waals surface area contributed by atoms with E-state index >= 15 is 0 Å². The van der Waals surface area contributed by atoms with Crippen LogP contribution >= 0.6 is 23.5 Å². The van der Waals surface area contributed by atoms with E-state index in [2.05, 4.69) is 28.4 Å². The van der Waals surface area contributed by atoms with E-state index in [1.54, 1.807) is 0 Å². The van der Waals surface area contributed by atoms with Crippen molar-refractivity contribution < 1.29 is 0 Å². The Kier molecular flexibility index (Phi) is 2.47. The maximum atomic E-state index is 2.63. The lowest BCUT2D eigenvalue weighted by Crippen LogP contribution is -2.38. The topological polar surface area (TPSA) is 3.24 Å². The number of nitrogens with zero attached hydrogens (tertiary/aromatic N) is 1. The molecular formula is C7H13NS2. The first-order chi connectivity index (χ1) is 4.97. The van der Waals surface area contributed by atoms with E-state index < -0.39 is 0 Å². The van der Waals surface area contributed by atoms with E-state index in [-0.39, 0.29) is 0 Å². The van der Waals surface area contributed by atoms with Crippen LogP contribution in [0, 0.1) is 0 Å². The SMILES string of the molecule is C1CCN(C2SCS2)CC1. The van der Waals surface area contributed by atoms with Crippen LogP contribution in [-0.2, 0) is 0 Å². The van der Waals surface area contributed by atoms with Gasteiger partial charge in [-0.15, -0.1) is 23.5 Å². The summed E-state index contributed by atoms with van der Waals surface area (Å²) in [5.41, 5.74) is 0. The Hall–Kier alpha value is 0.660. The van der Waals surface area contributed by atoms with Gasteiger partial charge in [-0.2, -0.15) is 0 Å². The maximum Gasteiger partial charge on any atom is 0.104 e. The van der Waals surface area contributed by atoms with Gasteiger partial charge in [0.25, 0.3) is 0 Å². The summed E-state index contributed by atoms with van der Waals surface area (Å²) >= 11 is 4.20. The van der Waals surface area contributed by atoms with Gasteiger partial charge in [0.05, 0.1) is 0 Å². The number of likely N-dealkylation sites (tertiary alicyclic amines) is 1. The molecule has 1 nitrogen and oxygen atoms in total. The summed E-state index contributed by atoms with van der Waals surface area (Å²) in [4.78, 5) is 2.63. The molecule has 0 unspecified atom stereocenters. The summed E-state index contributed by atoms with van der Waals surface area (Å²) in [6, 6.07) is 0. The summed E-state index contributed by atoms with van der Waals surface area (Å²) in [5, 5.41) is 1.32. The lowest BCUT2D eigenvalue weighted by Gasteiger charge is -2.38. The fraction of sp³-hybridized carbons (Fsp3) is 1.00. The predicted molar refractivity (Wildman–Crippen MR) is 49.3 cm³/mol. The molecule has 10 heavy (non-hydrogen) atoms.